The van der Waals surface area contributed by atoms with Gasteiger partial charge in [0.05, 0.1) is 12.2 Å². The van der Waals surface area contributed by atoms with Crippen molar-refractivity contribution >= 4 is 11.3 Å². The van der Waals surface area contributed by atoms with Gasteiger partial charge in [-0.25, -0.2) is 9.50 Å². The minimum atomic E-state index is 0.685. The van der Waals surface area contributed by atoms with Crippen LogP contribution in [0.5, 0.6) is 0 Å². The van der Waals surface area contributed by atoms with Crippen LogP contribution in [0.2, 0.25) is 0 Å². The summed E-state index contributed by atoms with van der Waals surface area (Å²) in [5.41, 5.74) is 7.31. The molecular weight excluding hydrogens is 214 g/mol. The van der Waals surface area contributed by atoms with Crippen molar-refractivity contribution in [3.63, 3.8) is 0 Å². The monoisotopic (exact) mass is 231 g/mol. The largest absolute Gasteiger partial charge is 0.396 e. The molecule has 3 rings (SSSR count). The van der Waals surface area contributed by atoms with Crippen molar-refractivity contribution in [2.75, 3.05) is 18.8 Å². The van der Waals surface area contributed by atoms with Crippen molar-refractivity contribution in [1.82, 2.24) is 19.5 Å². The summed E-state index contributed by atoms with van der Waals surface area (Å²) in [6, 6.07) is 3.75. The smallest absolute Gasteiger partial charge is 0.178 e. The zero-order chi connectivity index (χ0) is 11.7. The van der Waals surface area contributed by atoms with Gasteiger partial charge in [-0.1, -0.05) is 6.42 Å². The highest BCUT2D eigenvalue weighted by Gasteiger charge is 2.13. The van der Waals surface area contributed by atoms with Crippen molar-refractivity contribution in [2.24, 2.45) is 0 Å². The molecule has 17 heavy (non-hydrogen) atoms. The number of anilines is 1. The second-order valence-corrected chi connectivity index (χ2v) is 4.60. The minimum Gasteiger partial charge on any atom is -0.396 e. The van der Waals surface area contributed by atoms with E-state index in [1.807, 2.05) is 18.3 Å². The molecule has 0 aliphatic carbocycles. The van der Waals surface area contributed by atoms with Gasteiger partial charge < -0.3 is 5.73 Å². The minimum absolute atomic E-state index is 0.685. The number of hydrogen-bond donors (Lipinski definition) is 1. The Morgan fingerprint density at radius 3 is 2.82 bits per heavy atom. The zero-order valence-electron chi connectivity index (χ0n) is 9.84. The summed E-state index contributed by atoms with van der Waals surface area (Å²) in [5, 5.41) is 4.45. The molecule has 0 radical (unpaired) electrons. The molecule has 1 saturated heterocycles. The summed E-state index contributed by atoms with van der Waals surface area (Å²) in [7, 11) is 0. The Morgan fingerprint density at radius 1 is 1.24 bits per heavy atom. The standard InChI is InChI=1S/C12H17N5/c13-10-5-4-8-17-12(10)14-11(15-17)9-16-6-2-1-3-7-16/h4-5,8H,1-3,6-7,9,13H2. The van der Waals surface area contributed by atoms with Crippen molar-refractivity contribution < 1.29 is 0 Å². The van der Waals surface area contributed by atoms with Crippen LogP contribution in [0.4, 0.5) is 5.69 Å². The zero-order valence-corrected chi connectivity index (χ0v) is 9.84. The van der Waals surface area contributed by atoms with Gasteiger partial charge in [-0.05, 0) is 38.1 Å². The molecule has 0 atom stereocenters. The number of fused-ring (bicyclic) bond motifs is 1. The van der Waals surface area contributed by atoms with Crippen molar-refractivity contribution in [2.45, 2.75) is 25.8 Å². The first-order valence-electron chi connectivity index (χ1n) is 6.15. The predicted octanol–water partition coefficient (Wildman–Crippen LogP) is 1.30. The van der Waals surface area contributed by atoms with Gasteiger partial charge in [0.25, 0.3) is 0 Å². The van der Waals surface area contributed by atoms with E-state index in [0.29, 0.717) is 5.69 Å². The Bertz CT molecular complexity index is 513. The summed E-state index contributed by atoms with van der Waals surface area (Å²) in [4.78, 5) is 6.90. The fourth-order valence-electron chi connectivity index (χ4n) is 2.36. The van der Waals surface area contributed by atoms with Gasteiger partial charge >= 0.3 is 0 Å². The maximum Gasteiger partial charge on any atom is 0.178 e. The van der Waals surface area contributed by atoms with Gasteiger partial charge in [0.1, 0.15) is 0 Å². The highest BCUT2D eigenvalue weighted by molar-refractivity contribution is 5.63. The molecule has 5 nitrogen and oxygen atoms in total. The lowest BCUT2D eigenvalue weighted by atomic mass is 10.1. The Kier molecular flexibility index (Phi) is 2.68. The number of aromatic nitrogens is 3. The lowest BCUT2D eigenvalue weighted by Crippen LogP contribution is -2.29. The number of likely N-dealkylation sites (tertiary alicyclic amines) is 1. The van der Waals surface area contributed by atoms with E-state index < -0.39 is 0 Å². The number of nitrogens with zero attached hydrogens (tertiary/aromatic N) is 4. The number of rotatable bonds is 2. The summed E-state index contributed by atoms with van der Waals surface area (Å²) in [6.45, 7) is 3.15. The van der Waals surface area contributed by atoms with Crippen molar-refractivity contribution in [3.8, 4) is 0 Å². The third-order valence-corrected chi connectivity index (χ3v) is 3.25. The molecule has 5 heteroatoms. The average molecular weight is 231 g/mol. The second kappa shape index (κ2) is 4.33. The molecule has 3 heterocycles. The predicted molar refractivity (Wildman–Crippen MR) is 66.5 cm³/mol. The first-order chi connectivity index (χ1) is 8.33. The lowest BCUT2D eigenvalue weighted by molar-refractivity contribution is 0.216. The summed E-state index contributed by atoms with van der Waals surface area (Å²) in [5.74, 6) is 0.866. The molecule has 0 amide bonds. The van der Waals surface area contributed by atoms with Gasteiger partial charge in [0.15, 0.2) is 11.5 Å². The molecule has 1 aliphatic rings. The number of hydrogen-bond acceptors (Lipinski definition) is 4. The fourth-order valence-corrected chi connectivity index (χ4v) is 2.36. The Morgan fingerprint density at radius 2 is 2.06 bits per heavy atom. The summed E-state index contributed by atoms with van der Waals surface area (Å²) >= 11 is 0. The average Bonchev–Trinajstić information content (AvgIpc) is 2.74. The molecule has 0 unspecified atom stereocenters. The molecule has 2 aromatic rings. The van der Waals surface area contributed by atoms with Crippen molar-refractivity contribution in [1.29, 1.82) is 0 Å². The van der Waals surface area contributed by atoms with Gasteiger partial charge in [-0.3, -0.25) is 4.90 Å². The van der Waals surface area contributed by atoms with Crippen LogP contribution >= 0.6 is 0 Å². The van der Waals surface area contributed by atoms with E-state index in [4.69, 9.17) is 5.73 Å². The molecule has 2 aromatic heterocycles. The first kappa shape index (κ1) is 10.5. The van der Waals surface area contributed by atoms with Gasteiger partial charge in [0.2, 0.25) is 0 Å². The van der Waals surface area contributed by atoms with Gasteiger partial charge in [0, 0.05) is 6.20 Å². The fraction of sp³-hybridized carbons (Fsp3) is 0.500. The number of pyridine rings is 1. The van der Waals surface area contributed by atoms with Crippen molar-refractivity contribution in [3.05, 3.63) is 24.2 Å². The molecule has 1 aliphatic heterocycles. The summed E-state index contributed by atoms with van der Waals surface area (Å²) in [6.07, 6.45) is 5.81. The van der Waals surface area contributed by atoms with E-state index in [1.165, 1.54) is 19.3 Å². The Hall–Kier alpha value is -1.62. The quantitative estimate of drug-likeness (QED) is 0.846. The number of nitrogen functional groups attached to an aromatic ring is 1. The third kappa shape index (κ3) is 2.10. The maximum atomic E-state index is 5.87. The third-order valence-electron chi connectivity index (χ3n) is 3.25. The highest BCUT2D eigenvalue weighted by Crippen LogP contribution is 2.14. The first-order valence-corrected chi connectivity index (χ1v) is 6.15. The molecule has 90 valence electrons. The highest BCUT2D eigenvalue weighted by atomic mass is 15.3. The topological polar surface area (TPSA) is 59.5 Å². The van der Waals surface area contributed by atoms with Crippen LogP contribution < -0.4 is 5.73 Å². The van der Waals surface area contributed by atoms with E-state index in [9.17, 15) is 0 Å². The molecule has 0 bridgehead atoms. The molecule has 0 aromatic carbocycles. The number of nitrogens with two attached hydrogens (primary N) is 1. The van der Waals surface area contributed by atoms with Gasteiger partial charge in [-0.15, -0.1) is 5.10 Å². The molecule has 0 saturated carbocycles. The molecular formula is C12H17N5. The SMILES string of the molecule is Nc1cccn2nc(CN3CCCCC3)nc12. The van der Waals surface area contributed by atoms with Crippen LogP contribution in [0.15, 0.2) is 18.3 Å². The van der Waals surface area contributed by atoms with Crippen LogP contribution in [0.25, 0.3) is 5.65 Å². The molecule has 1 fully saturated rings. The lowest BCUT2D eigenvalue weighted by Gasteiger charge is -2.24. The molecule has 2 N–H and O–H groups in total. The van der Waals surface area contributed by atoms with E-state index >= 15 is 0 Å². The summed E-state index contributed by atoms with van der Waals surface area (Å²) < 4.78 is 1.76. The van der Waals surface area contributed by atoms with Crippen LogP contribution in [0.3, 0.4) is 0 Å². The van der Waals surface area contributed by atoms with E-state index in [0.717, 1.165) is 31.1 Å². The number of piperidine rings is 1. The van der Waals surface area contributed by atoms with E-state index in [2.05, 4.69) is 15.0 Å². The van der Waals surface area contributed by atoms with Crippen LogP contribution in [0.1, 0.15) is 25.1 Å². The normalized spacial score (nSPS) is 17.6. The van der Waals surface area contributed by atoms with E-state index in [1.54, 1.807) is 4.52 Å². The maximum absolute atomic E-state index is 5.87. The van der Waals surface area contributed by atoms with Crippen LogP contribution in [-0.2, 0) is 6.54 Å². The van der Waals surface area contributed by atoms with Crippen LogP contribution in [-0.4, -0.2) is 32.6 Å². The van der Waals surface area contributed by atoms with Crippen LogP contribution in [0, 0.1) is 0 Å². The van der Waals surface area contributed by atoms with Gasteiger partial charge in [-0.2, -0.15) is 0 Å². The Labute approximate surface area is 100 Å². The Balaban J connectivity index is 1.83. The second-order valence-electron chi connectivity index (χ2n) is 4.60. The van der Waals surface area contributed by atoms with E-state index in [-0.39, 0.29) is 0 Å². The molecule has 0 spiro atoms.